The van der Waals surface area contributed by atoms with Crippen LogP contribution in [0, 0.1) is 0 Å². The molecular formula is C25H25N5O2S. The van der Waals surface area contributed by atoms with Crippen molar-refractivity contribution in [3.63, 3.8) is 0 Å². The van der Waals surface area contributed by atoms with Crippen LogP contribution < -0.4 is 16.0 Å². The van der Waals surface area contributed by atoms with Gasteiger partial charge in [0.2, 0.25) is 5.91 Å². The van der Waals surface area contributed by atoms with E-state index in [2.05, 4.69) is 20.9 Å². The third-order valence-corrected chi connectivity index (χ3v) is 6.84. The highest BCUT2D eigenvalue weighted by molar-refractivity contribution is 7.15. The summed E-state index contributed by atoms with van der Waals surface area (Å²) in [6.45, 7) is 0.414. The van der Waals surface area contributed by atoms with Gasteiger partial charge in [0, 0.05) is 35.6 Å². The number of nitrogens with one attached hydrogen (secondary N) is 3. The van der Waals surface area contributed by atoms with E-state index in [9.17, 15) is 9.59 Å². The third kappa shape index (κ3) is 4.61. The first-order chi connectivity index (χ1) is 16.1. The molecule has 4 aromatic rings. The summed E-state index contributed by atoms with van der Waals surface area (Å²) in [5.74, 6) is -0.176. The van der Waals surface area contributed by atoms with Gasteiger partial charge in [-0.05, 0) is 30.5 Å². The summed E-state index contributed by atoms with van der Waals surface area (Å²) in [4.78, 5) is 31.4. The van der Waals surface area contributed by atoms with Crippen molar-refractivity contribution in [2.45, 2.75) is 37.8 Å². The van der Waals surface area contributed by atoms with Crippen LogP contribution in [0.3, 0.4) is 0 Å². The molecule has 0 unspecified atom stereocenters. The molecule has 2 aromatic carbocycles. The standard InChI is InChI=1S/C25H25N5O2S/c31-22(25(12-4-5-13-25)29-23(32)26-16-18-6-2-1-3-7-18)27-20-10-8-19(9-11-20)21-17-30-14-15-33-24(30)28-21/h1-3,6-11,14-15,17H,4-5,12-13,16H2,(H,27,31)(H2,26,29,32). The monoisotopic (exact) mass is 459 g/mol. The fourth-order valence-corrected chi connectivity index (χ4v) is 4.97. The van der Waals surface area contributed by atoms with Gasteiger partial charge in [-0.2, -0.15) is 0 Å². The summed E-state index contributed by atoms with van der Waals surface area (Å²) < 4.78 is 1.99. The number of anilines is 1. The lowest BCUT2D eigenvalue weighted by atomic mass is 9.96. The first-order valence-corrected chi connectivity index (χ1v) is 11.9. The van der Waals surface area contributed by atoms with Crippen LogP contribution in [0.4, 0.5) is 10.5 Å². The zero-order valence-corrected chi connectivity index (χ0v) is 18.9. The first-order valence-electron chi connectivity index (χ1n) is 11.1. The van der Waals surface area contributed by atoms with E-state index in [-0.39, 0.29) is 11.9 Å². The molecule has 168 valence electrons. The zero-order chi connectivity index (χ0) is 22.7. The lowest BCUT2D eigenvalue weighted by Gasteiger charge is -2.29. The Morgan fingerprint density at radius 3 is 2.52 bits per heavy atom. The van der Waals surface area contributed by atoms with Crippen LogP contribution >= 0.6 is 11.3 Å². The highest BCUT2D eigenvalue weighted by Gasteiger charge is 2.42. The molecular weight excluding hydrogens is 434 g/mol. The molecule has 0 aliphatic heterocycles. The Morgan fingerprint density at radius 2 is 1.79 bits per heavy atom. The van der Waals surface area contributed by atoms with E-state index in [0.717, 1.165) is 34.6 Å². The molecule has 2 heterocycles. The minimum Gasteiger partial charge on any atom is -0.334 e. The van der Waals surface area contributed by atoms with Crippen molar-refractivity contribution in [3.05, 3.63) is 77.9 Å². The van der Waals surface area contributed by atoms with Crippen molar-refractivity contribution in [3.8, 4) is 11.3 Å². The van der Waals surface area contributed by atoms with Crippen molar-refractivity contribution in [1.82, 2.24) is 20.0 Å². The fourth-order valence-electron chi connectivity index (χ4n) is 4.27. The van der Waals surface area contributed by atoms with Crippen LogP contribution in [0.1, 0.15) is 31.2 Å². The number of aromatic nitrogens is 2. The van der Waals surface area contributed by atoms with Crippen LogP contribution in [-0.2, 0) is 11.3 Å². The zero-order valence-electron chi connectivity index (χ0n) is 18.1. The molecule has 33 heavy (non-hydrogen) atoms. The van der Waals surface area contributed by atoms with Gasteiger partial charge in [0.1, 0.15) is 5.54 Å². The number of imidazole rings is 1. The predicted octanol–water partition coefficient (Wildman–Crippen LogP) is 4.81. The van der Waals surface area contributed by atoms with Crippen LogP contribution in [0.5, 0.6) is 0 Å². The molecule has 3 amide bonds. The van der Waals surface area contributed by atoms with Gasteiger partial charge in [-0.3, -0.25) is 9.20 Å². The minimum absolute atomic E-state index is 0.176. The number of hydrogen-bond acceptors (Lipinski definition) is 4. The molecule has 0 spiro atoms. The highest BCUT2D eigenvalue weighted by Crippen LogP contribution is 2.31. The molecule has 0 saturated heterocycles. The van der Waals surface area contributed by atoms with Crippen LogP contribution in [0.25, 0.3) is 16.2 Å². The highest BCUT2D eigenvalue weighted by atomic mass is 32.1. The van der Waals surface area contributed by atoms with Gasteiger partial charge in [-0.1, -0.05) is 55.3 Å². The van der Waals surface area contributed by atoms with Gasteiger partial charge in [-0.15, -0.1) is 11.3 Å². The number of benzene rings is 2. The molecule has 5 rings (SSSR count). The van der Waals surface area contributed by atoms with Crippen molar-refractivity contribution in [2.75, 3.05) is 5.32 Å². The molecule has 7 nitrogen and oxygen atoms in total. The Bertz CT molecular complexity index is 1230. The summed E-state index contributed by atoms with van der Waals surface area (Å²) in [6, 6.07) is 17.0. The minimum atomic E-state index is -0.895. The normalized spacial score (nSPS) is 14.8. The van der Waals surface area contributed by atoms with Crippen molar-refractivity contribution < 1.29 is 9.59 Å². The van der Waals surface area contributed by atoms with Gasteiger partial charge in [0.25, 0.3) is 0 Å². The Balaban J connectivity index is 1.23. The smallest absolute Gasteiger partial charge is 0.315 e. The predicted molar refractivity (Wildman–Crippen MR) is 130 cm³/mol. The number of thiazole rings is 1. The van der Waals surface area contributed by atoms with Crippen LogP contribution in [0.2, 0.25) is 0 Å². The van der Waals surface area contributed by atoms with E-state index < -0.39 is 5.54 Å². The summed E-state index contributed by atoms with van der Waals surface area (Å²) in [5.41, 5.74) is 2.69. The molecule has 0 atom stereocenters. The molecule has 8 heteroatoms. The molecule has 1 saturated carbocycles. The van der Waals surface area contributed by atoms with Gasteiger partial charge in [0.05, 0.1) is 5.69 Å². The Hall–Kier alpha value is -3.65. The summed E-state index contributed by atoms with van der Waals surface area (Å²) >= 11 is 1.59. The second-order valence-corrected chi connectivity index (χ2v) is 9.21. The third-order valence-electron chi connectivity index (χ3n) is 6.07. The largest absolute Gasteiger partial charge is 0.334 e. The van der Waals surface area contributed by atoms with Crippen molar-refractivity contribution in [2.24, 2.45) is 0 Å². The number of fused-ring (bicyclic) bond motifs is 1. The number of rotatable bonds is 6. The molecule has 1 aliphatic carbocycles. The number of nitrogens with zero attached hydrogens (tertiary/aromatic N) is 2. The van der Waals surface area contributed by atoms with E-state index >= 15 is 0 Å². The number of hydrogen-bond donors (Lipinski definition) is 3. The number of carbonyl (C=O) groups excluding carboxylic acids is 2. The molecule has 1 fully saturated rings. The average molecular weight is 460 g/mol. The fraction of sp³-hybridized carbons (Fsp3) is 0.240. The van der Waals surface area contributed by atoms with Gasteiger partial charge in [-0.25, -0.2) is 9.78 Å². The molecule has 1 aliphatic rings. The van der Waals surface area contributed by atoms with Crippen molar-refractivity contribution in [1.29, 1.82) is 0 Å². The second-order valence-electron chi connectivity index (χ2n) is 8.33. The van der Waals surface area contributed by atoms with Gasteiger partial charge >= 0.3 is 6.03 Å². The number of carbonyl (C=O) groups is 2. The second kappa shape index (κ2) is 9.07. The Morgan fingerprint density at radius 1 is 1.03 bits per heavy atom. The van der Waals surface area contributed by atoms with E-state index in [1.54, 1.807) is 11.3 Å². The van der Waals surface area contributed by atoms with E-state index in [0.29, 0.717) is 25.1 Å². The maximum atomic E-state index is 13.2. The van der Waals surface area contributed by atoms with Gasteiger partial charge in [0.15, 0.2) is 4.96 Å². The summed E-state index contributed by atoms with van der Waals surface area (Å²) in [6.07, 6.45) is 7.04. The van der Waals surface area contributed by atoms with E-state index in [4.69, 9.17) is 0 Å². The number of amides is 3. The van der Waals surface area contributed by atoms with Crippen molar-refractivity contribution >= 4 is 33.9 Å². The lowest BCUT2D eigenvalue weighted by molar-refractivity contribution is -0.121. The number of urea groups is 1. The molecule has 2 aromatic heterocycles. The summed E-state index contributed by atoms with van der Waals surface area (Å²) in [5, 5.41) is 10.8. The van der Waals surface area contributed by atoms with Crippen LogP contribution in [-0.4, -0.2) is 26.9 Å². The quantitative estimate of drug-likeness (QED) is 0.387. The Kier molecular flexibility index (Phi) is 5.83. The van der Waals surface area contributed by atoms with E-state index in [1.165, 1.54) is 0 Å². The molecule has 0 radical (unpaired) electrons. The molecule has 3 N–H and O–H groups in total. The molecule has 0 bridgehead atoms. The maximum absolute atomic E-state index is 13.2. The Labute approximate surface area is 195 Å². The van der Waals surface area contributed by atoms with E-state index in [1.807, 2.05) is 76.8 Å². The van der Waals surface area contributed by atoms with Crippen LogP contribution in [0.15, 0.2) is 72.4 Å². The average Bonchev–Trinajstić information content (AvgIpc) is 3.56. The maximum Gasteiger partial charge on any atom is 0.315 e. The summed E-state index contributed by atoms with van der Waals surface area (Å²) in [7, 11) is 0. The topological polar surface area (TPSA) is 87.5 Å². The lowest BCUT2D eigenvalue weighted by Crippen LogP contribution is -2.57. The SMILES string of the molecule is O=C(NCc1ccccc1)NC1(C(=O)Nc2ccc(-c3cn4ccsc4n3)cc2)CCCC1. The first kappa shape index (κ1) is 21.2. The van der Waals surface area contributed by atoms with Gasteiger partial charge < -0.3 is 16.0 Å².